The number of benzene rings is 2. The number of esters is 1. The molecule has 0 bridgehead atoms. The van der Waals surface area contributed by atoms with E-state index in [1.807, 2.05) is 77.1 Å². The molecule has 0 spiro atoms. The normalized spacial score (nSPS) is 11.1. The molecule has 172 valence electrons. The fourth-order valence-corrected chi connectivity index (χ4v) is 3.51. The lowest BCUT2D eigenvalue weighted by atomic mass is 9.97. The summed E-state index contributed by atoms with van der Waals surface area (Å²) in [5.74, 6) is -0.415. The smallest absolute Gasteiger partial charge is 0.415 e. The van der Waals surface area contributed by atoms with Gasteiger partial charge in [0.25, 0.3) is 0 Å². The summed E-state index contributed by atoms with van der Waals surface area (Å²) in [4.78, 5) is 31.6. The Morgan fingerprint density at radius 1 is 1.00 bits per heavy atom. The summed E-state index contributed by atoms with van der Waals surface area (Å²) in [6.07, 6.45) is 1.24. The first-order chi connectivity index (χ1) is 15.6. The first-order valence-corrected chi connectivity index (χ1v) is 10.8. The Balaban J connectivity index is 2.12. The number of carbonyl (C=O) groups excluding carboxylic acids is 2. The number of ether oxygens (including phenoxy) is 2. The summed E-state index contributed by atoms with van der Waals surface area (Å²) in [6, 6.07) is 16.9. The maximum atomic E-state index is 13.3. The van der Waals surface area contributed by atoms with E-state index < -0.39 is 17.7 Å². The van der Waals surface area contributed by atoms with E-state index in [2.05, 4.69) is 4.98 Å². The van der Waals surface area contributed by atoms with Gasteiger partial charge < -0.3 is 9.47 Å². The van der Waals surface area contributed by atoms with Crippen LogP contribution in [0.1, 0.15) is 48.0 Å². The molecule has 0 aliphatic rings. The Morgan fingerprint density at radius 2 is 1.73 bits per heavy atom. The molecular formula is C27H30N2O4. The molecule has 0 N–H and O–H groups in total. The van der Waals surface area contributed by atoms with Crippen LogP contribution >= 0.6 is 0 Å². The molecule has 0 unspecified atom stereocenters. The summed E-state index contributed by atoms with van der Waals surface area (Å²) >= 11 is 0. The maximum absolute atomic E-state index is 13.3. The number of pyridine rings is 1. The molecule has 1 aromatic heterocycles. The number of hydrogen-bond donors (Lipinski definition) is 0. The topological polar surface area (TPSA) is 68.7 Å². The van der Waals surface area contributed by atoms with Gasteiger partial charge in [-0.2, -0.15) is 0 Å². The number of carbonyl (C=O) groups is 2. The molecule has 3 rings (SSSR count). The van der Waals surface area contributed by atoms with Crippen LogP contribution in [0.3, 0.4) is 0 Å². The van der Waals surface area contributed by atoms with Crippen LogP contribution in [-0.4, -0.2) is 29.8 Å². The van der Waals surface area contributed by atoms with Crippen LogP contribution in [0.2, 0.25) is 0 Å². The molecule has 3 aromatic rings. The van der Waals surface area contributed by atoms with Gasteiger partial charge in [0, 0.05) is 11.9 Å². The molecule has 6 nitrogen and oxygen atoms in total. The number of aromatic nitrogens is 1. The Labute approximate surface area is 195 Å². The van der Waals surface area contributed by atoms with Gasteiger partial charge in [-0.25, -0.2) is 9.59 Å². The second kappa shape index (κ2) is 9.86. The Kier molecular flexibility index (Phi) is 7.16. The third-order valence-electron chi connectivity index (χ3n) is 5.06. The fourth-order valence-electron chi connectivity index (χ4n) is 3.51. The van der Waals surface area contributed by atoms with Crippen molar-refractivity contribution in [2.75, 3.05) is 12.0 Å². The molecule has 0 saturated heterocycles. The average Bonchev–Trinajstić information content (AvgIpc) is 2.76. The van der Waals surface area contributed by atoms with Crippen molar-refractivity contribution in [3.63, 3.8) is 0 Å². The highest BCUT2D eigenvalue weighted by atomic mass is 16.6. The van der Waals surface area contributed by atoms with E-state index in [4.69, 9.17) is 9.47 Å². The minimum Gasteiger partial charge on any atom is -0.465 e. The summed E-state index contributed by atoms with van der Waals surface area (Å²) in [5.41, 5.74) is 4.69. The second-order valence-electron chi connectivity index (χ2n) is 8.93. The van der Waals surface area contributed by atoms with Crippen LogP contribution in [0.25, 0.3) is 11.1 Å². The molecule has 2 aromatic carbocycles. The first kappa shape index (κ1) is 24.0. The van der Waals surface area contributed by atoms with E-state index in [9.17, 15) is 9.59 Å². The quantitative estimate of drug-likeness (QED) is 0.443. The van der Waals surface area contributed by atoms with Crippen molar-refractivity contribution in [3.8, 4) is 11.1 Å². The van der Waals surface area contributed by atoms with Crippen LogP contribution in [-0.2, 0) is 16.0 Å². The van der Waals surface area contributed by atoms with Crippen LogP contribution in [0, 0.1) is 13.8 Å². The number of hydrogen-bond acceptors (Lipinski definition) is 5. The summed E-state index contributed by atoms with van der Waals surface area (Å²) in [6.45, 7) is 9.68. The zero-order chi connectivity index (χ0) is 24.2. The minimum absolute atomic E-state index is 0.253. The van der Waals surface area contributed by atoms with Crippen molar-refractivity contribution in [1.82, 2.24) is 4.98 Å². The summed E-state index contributed by atoms with van der Waals surface area (Å²) < 4.78 is 10.7. The van der Waals surface area contributed by atoms with Gasteiger partial charge in [-0.1, -0.05) is 30.3 Å². The lowest BCUT2D eigenvalue weighted by Gasteiger charge is -2.28. The zero-order valence-electron chi connectivity index (χ0n) is 20.0. The van der Waals surface area contributed by atoms with Gasteiger partial charge in [0.05, 0.1) is 24.9 Å². The van der Waals surface area contributed by atoms with E-state index in [0.717, 1.165) is 27.9 Å². The molecule has 0 aliphatic carbocycles. The van der Waals surface area contributed by atoms with E-state index >= 15 is 0 Å². The number of rotatable bonds is 5. The van der Waals surface area contributed by atoms with Crippen molar-refractivity contribution >= 4 is 17.7 Å². The van der Waals surface area contributed by atoms with Gasteiger partial charge in [0.2, 0.25) is 0 Å². The highest BCUT2D eigenvalue weighted by Gasteiger charge is 2.25. The highest BCUT2D eigenvalue weighted by Crippen LogP contribution is 2.31. The largest absolute Gasteiger partial charge is 0.465 e. The summed E-state index contributed by atoms with van der Waals surface area (Å²) in [5, 5.41) is 0. The van der Waals surface area contributed by atoms with Gasteiger partial charge in [0.1, 0.15) is 5.60 Å². The Bertz CT molecular complexity index is 1160. The third kappa shape index (κ3) is 5.98. The predicted octanol–water partition coefficient (Wildman–Crippen LogP) is 6.09. The van der Waals surface area contributed by atoms with E-state index in [0.29, 0.717) is 11.3 Å². The molecule has 0 aliphatic heterocycles. The molecule has 33 heavy (non-hydrogen) atoms. The van der Waals surface area contributed by atoms with Crippen LogP contribution in [0.4, 0.5) is 10.5 Å². The third-order valence-corrected chi connectivity index (χ3v) is 5.06. The lowest BCUT2D eigenvalue weighted by molar-refractivity contribution is 0.0573. The van der Waals surface area contributed by atoms with E-state index in [1.165, 1.54) is 7.11 Å². The van der Waals surface area contributed by atoms with Gasteiger partial charge in [-0.3, -0.25) is 9.88 Å². The molecule has 6 heteroatoms. The molecule has 0 atom stereocenters. The standard InChI is InChI=1S/C27H30N2O4/c1-18-14-20(22-11-7-8-12-23(22)25(30)32-6)16-21(15-18)29(26(31)33-27(3,4)5)17-24-19(2)10-9-13-28-24/h7-16H,17H2,1-6H3. The van der Waals surface area contributed by atoms with E-state index in [-0.39, 0.29) is 6.54 Å². The molecule has 1 amide bonds. The van der Waals surface area contributed by atoms with Crippen molar-refractivity contribution < 1.29 is 19.1 Å². The number of amides is 1. The first-order valence-electron chi connectivity index (χ1n) is 10.8. The fraction of sp³-hybridized carbons (Fsp3) is 0.296. The zero-order valence-corrected chi connectivity index (χ0v) is 20.0. The number of aryl methyl sites for hydroxylation is 2. The molecule has 1 heterocycles. The summed E-state index contributed by atoms with van der Waals surface area (Å²) in [7, 11) is 1.36. The van der Waals surface area contributed by atoms with Gasteiger partial charge in [-0.05, 0) is 81.1 Å². The van der Waals surface area contributed by atoms with Crippen LogP contribution in [0.5, 0.6) is 0 Å². The maximum Gasteiger partial charge on any atom is 0.415 e. The van der Waals surface area contributed by atoms with Gasteiger partial charge in [0.15, 0.2) is 0 Å². The molecule has 0 saturated carbocycles. The van der Waals surface area contributed by atoms with Gasteiger partial charge >= 0.3 is 12.1 Å². The Hall–Kier alpha value is -3.67. The van der Waals surface area contributed by atoms with E-state index in [1.54, 1.807) is 23.2 Å². The van der Waals surface area contributed by atoms with Crippen molar-refractivity contribution in [1.29, 1.82) is 0 Å². The van der Waals surface area contributed by atoms with Crippen molar-refractivity contribution in [3.05, 3.63) is 83.2 Å². The SMILES string of the molecule is COC(=O)c1ccccc1-c1cc(C)cc(N(Cc2ncccc2C)C(=O)OC(C)(C)C)c1. The second-order valence-corrected chi connectivity index (χ2v) is 8.93. The number of nitrogens with zero attached hydrogens (tertiary/aromatic N) is 2. The minimum atomic E-state index is -0.654. The van der Waals surface area contributed by atoms with Crippen LogP contribution in [0.15, 0.2) is 60.8 Å². The van der Waals surface area contributed by atoms with Gasteiger partial charge in [-0.15, -0.1) is 0 Å². The molecule has 0 radical (unpaired) electrons. The van der Waals surface area contributed by atoms with Crippen molar-refractivity contribution in [2.45, 2.75) is 46.8 Å². The average molecular weight is 447 g/mol. The number of anilines is 1. The number of methoxy groups -OCH3 is 1. The lowest BCUT2D eigenvalue weighted by Crippen LogP contribution is -2.37. The predicted molar refractivity (Wildman–Crippen MR) is 129 cm³/mol. The monoisotopic (exact) mass is 446 g/mol. The van der Waals surface area contributed by atoms with Crippen LogP contribution < -0.4 is 4.90 Å². The van der Waals surface area contributed by atoms with Crippen molar-refractivity contribution in [2.24, 2.45) is 0 Å². The Morgan fingerprint density at radius 3 is 2.39 bits per heavy atom. The molecular weight excluding hydrogens is 416 g/mol. The highest BCUT2D eigenvalue weighted by molar-refractivity contribution is 5.98. The molecule has 0 fully saturated rings.